The summed E-state index contributed by atoms with van der Waals surface area (Å²) in [6, 6.07) is 9.71. The molecule has 2 unspecified atom stereocenters. The van der Waals surface area contributed by atoms with E-state index in [0.717, 1.165) is 17.4 Å². The zero-order valence-electron chi connectivity index (χ0n) is 11.4. The predicted octanol–water partition coefficient (Wildman–Crippen LogP) is 2.31. The predicted molar refractivity (Wildman–Crippen MR) is 75.7 cm³/mol. The molecular weight excluding hydrogens is 270 g/mol. The van der Waals surface area contributed by atoms with Crippen LogP contribution >= 0.6 is 0 Å². The number of hydrogen-bond donors (Lipinski definition) is 1. The summed E-state index contributed by atoms with van der Waals surface area (Å²) in [6.45, 7) is 1.09. The third-order valence-corrected chi connectivity index (χ3v) is 3.78. The van der Waals surface area contributed by atoms with E-state index in [1.807, 2.05) is 30.3 Å². The van der Waals surface area contributed by atoms with Crippen molar-refractivity contribution in [3.8, 4) is 11.6 Å². The smallest absolute Gasteiger partial charge is 0.238 e. The minimum atomic E-state index is 0.0801. The lowest BCUT2D eigenvalue weighted by Crippen LogP contribution is -2.18. The molecule has 0 saturated carbocycles. The van der Waals surface area contributed by atoms with Gasteiger partial charge in [0.1, 0.15) is 5.58 Å². The Morgan fingerprint density at radius 2 is 2.19 bits per heavy atom. The fourth-order valence-electron chi connectivity index (χ4n) is 2.64. The van der Waals surface area contributed by atoms with Gasteiger partial charge in [0.05, 0.1) is 18.6 Å². The van der Waals surface area contributed by atoms with Crippen LogP contribution < -0.4 is 5.73 Å². The fraction of sp³-hybridized carbons (Fsp3) is 0.333. The topological polar surface area (TPSA) is 87.3 Å². The number of fused-ring (bicyclic) bond motifs is 1. The van der Waals surface area contributed by atoms with Crippen LogP contribution in [0.5, 0.6) is 0 Å². The summed E-state index contributed by atoms with van der Waals surface area (Å²) in [6.07, 6.45) is 0.898. The molecule has 3 aromatic rings. The molecule has 2 aromatic heterocycles. The van der Waals surface area contributed by atoms with Crippen LogP contribution in [0.15, 0.2) is 39.3 Å². The Bertz CT molecular complexity index is 731. The summed E-state index contributed by atoms with van der Waals surface area (Å²) in [5.74, 6) is 1.78. The fourth-order valence-corrected chi connectivity index (χ4v) is 2.64. The van der Waals surface area contributed by atoms with Gasteiger partial charge in [0.25, 0.3) is 0 Å². The van der Waals surface area contributed by atoms with Crippen LogP contribution in [-0.4, -0.2) is 29.4 Å². The molecule has 6 heteroatoms. The van der Waals surface area contributed by atoms with E-state index in [4.69, 9.17) is 19.4 Å². The van der Waals surface area contributed by atoms with Crippen molar-refractivity contribution >= 4 is 11.0 Å². The van der Waals surface area contributed by atoms with Crippen LogP contribution in [0.4, 0.5) is 0 Å². The molecule has 2 atom stereocenters. The Hall–Kier alpha value is -2.18. The molecule has 3 heterocycles. The van der Waals surface area contributed by atoms with Gasteiger partial charge in [0, 0.05) is 11.9 Å². The SMILES string of the molecule is NCC1CC(c2nc(-c3cc4ccccc4o3)no2)CO1. The lowest BCUT2D eigenvalue weighted by atomic mass is 10.1. The molecule has 2 N–H and O–H groups in total. The number of para-hydroxylation sites is 1. The van der Waals surface area contributed by atoms with Crippen LogP contribution in [0.3, 0.4) is 0 Å². The van der Waals surface area contributed by atoms with Crippen molar-refractivity contribution in [1.29, 1.82) is 0 Å². The second kappa shape index (κ2) is 4.98. The summed E-state index contributed by atoms with van der Waals surface area (Å²) >= 11 is 0. The van der Waals surface area contributed by atoms with E-state index in [9.17, 15) is 0 Å². The number of rotatable bonds is 3. The van der Waals surface area contributed by atoms with Crippen LogP contribution in [-0.2, 0) is 4.74 Å². The summed E-state index contributed by atoms with van der Waals surface area (Å²) < 4.78 is 16.6. The molecule has 0 amide bonds. The standard InChI is InChI=1S/C15H15N3O3/c16-7-11-5-10(8-19-11)15-17-14(18-21-15)13-6-9-3-1-2-4-12(9)20-13/h1-4,6,10-11H,5,7-8,16H2. The number of nitrogens with two attached hydrogens (primary N) is 1. The van der Waals surface area contributed by atoms with E-state index in [2.05, 4.69) is 10.1 Å². The monoisotopic (exact) mass is 285 g/mol. The molecule has 1 fully saturated rings. The van der Waals surface area contributed by atoms with Gasteiger partial charge in [-0.15, -0.1) is 0 Å². The van der Waals surface area contributed by atoms with Crippen LogP contribution in [0.1, 0.15) is 18.2 Å². The Balaban J connectivity index is 1.62. The molecule has 0 spiro atoms. The van der Waals surface area contributed by atoms with Crippen LogP contribution in [0, 0.1) is 0 Å². The lowest BCUT2D eigenvalue weighted by Gasteiger charge is -2.02. The highest BCUT2D eigenvalue weighted by atomic mass is 16.5. The number of furan rings is 1. The third kappa shape index (κ3) is 2.22. The maximum Gasteiger partial charge on any atom is 0.238 e. The van der Waals surface area contributed by atoms with Crippen molar-refractivity contribution in [2.75, 3.05) is 13.2 Å². The summed E-state index contributed by atoms with van der Waals surface area (Å²) in [4.78, 5) is 4.43. The Labute approximate surface area is 120 Å². The van der Waals surface area contributed by atoms with E-state index in [1.54, 1.807) is 0 Å². The largest absolute Gasteiger partial charge is 0.453 e. The highest BCUT2D eigenvalue weighted by Gasteiger charge is 2.30. The molecule has 1 aliphatic heterocycles. The zero-order valence-corrected chi connectivity index (χ0v) is 11.4. The first kappa shape index (κ1) is 12.6. The highest BCUT2D eigenvalue weighted by molar-refractivity contribution is 5.81. The Morgan fingerprint density at radius 3 is 3.00 bits per heavy atom. The Kier molecular flexibility index (Phi) is 2.98. The average molecular weight is 285 g/mol. The number of hydrogen-bond acceptors (Lipinski definition) is 6. The van der Waals surface area contributed by atoms with E-state index in [1.165, 1.54) is 0 Å². The second-order valence-corrected chi connectivity index (χ2v) is 5.23. The van der Waals surface area contributed by atoms with Gasteiger partial charge in [-0.3, -0.25) is 0 Å². The van der Waals surface area contributed by atoms with Gasteiger partial charge in [-0.05, 0) is 18.6 Å². The normalized spacial score (nSPS) is 22.1. The maximum atomic E-state index is 5.74. The zero-order chi connectivity index (χ0) is 14.2. The van der Waals surface area contributed by atoms with Gasteiger partial charge in [-0.2, -0.15) is 4.98 Å². The van der Waals surface area contributed by atoms with Crippen molar-refractivity contribution in [2.24, 2.45) is 5.73 Å². The minimum Gasteiger partial charge on any atom is -0.453 e. The number of benzene rings is 1. The summed E-state index contributed by atoms with van der Waals surface area (Å²) in [7, 11) is 0. The molecule has 21 heavy (non-hydrogen) atoms. The van der Waals surface area contributed by atoms with Gasteiger partial charge in [0.2, 0.25) is 11.7 Å². The molecule has 0 aliphatic carbocycles. The Morgan fingerprint density at radius 1 is 1.29 bits per heavy atom. The molecule has 1 aromatic carbocycles. The van der Waals surface area contributed by atoms with Crippen LogP contribution in [0.2, 0.25) is 0 Å². The van der Waals surface area contributed by atoms with Gasteiger partial charge in [-0.25, -0.2) is 0 Å². The molecule has 0 bridgehead atoms. The first-order chi connectivity index (χ1) is 10.3. The van der Waals surface area contributed by atoms with Gasteiger partial charge >= 0.3 is 0 Å². The van der Waals surface area contributed by atoms with Crippen molar-refractivity contribution in [2.45, 2.75) is 18.4 Å². The lowest BCUT2D eigenvalue weighted by molar-refractivity contribution is 0.114. The number of ether oxygens (including phenoxy) is 1. The molecular formula is C15H15N3O3. The molecule has 1 saturated heterocycles. The van der Waals surface area contributed by atoms with Crippen molar-refractivity contribution in [3.63, 3.8) is 0 Å². The van der Waals surface area contributed by atoms with E-state index in [-0.39, 0.29) is 12.0 Å². The number of nitrogens with zero attached hydrogens (tertiary/aromatic N) is 2. The summed E-state index contributed by atoms with van der Waals surface area (Å²) in [5.41, 5.74) is 6.42. The van der Waals surface area contributed by atoms with Gasteiger partial charge in [-0.1, -0.05) is 23.4 Å². The summed E-state index contributed by atoms with van der Waals surface area (Å²) in [5, 5.41) is 5.03. The minimum absolute atomic E-state index is 0.0801. The number of aromatic nitrogens is 2. The van der Waals surface area contributed by atoms with Crippen molar-refractivity contribution in [3.05, 3.63) is 36.2 Å². The van der Waals surface area contributed by atoms with Crippen LogP contribution in [0.25, 0.3) is 22.6 Å². The third-order valence-electron chi connectivity index (χ3n) is 3.78. The second-order valence-electron chi connectivity index (χ2n) is 5.23. The highest BCUT2D eigenvalue weighted by Crippen LogP contribution is 2.31. The first-order valence-electron chi connectivity index (χ1n) is 6.97. The molecule has 108 valence electrons. The van der Waals surface area contributed by atoms with E-state index < -0.39 is 0 Å². The van der Waals surface area contributed by atoms with Gasteiger partial charge in [0.15, 0.2) is 5.76 Å². The van der Waals surface area contributed by atoms with E-state index >= 15 is 0 Å². The molecule has 0 radical (unpaired) electrons. The van der Waals surface area contributed by atoms with Gasteiger partial charge < -0.3 is 19.4 Å². The van der Waals surface area contributed by atoms with Crippen molar-refractivity contribution in [1.82, 2.24) is 10.1 Å². The molecule has 6 nitrogen and oxygen atoms in total. The first-order valence-corrected chi connectivity index (χ1v) is 6.97. The van der Waals surface area contributed by atoms with Crippen molar-refractivity contribution < 1.29 is 13.7 Å². The average Bonchev–Trinajstić information content (AvgIpc) is 3.24. The molecule has 1 aliphatic rings. The maximum absolute atomic E-state index is 5.74. The molecule has 4 rings (SSSR count). The quantitative estimate of drug-likeness (QED) is 0.794. The van der Waals surface area contributed by atoms with E-state index in [0.29, 0.717) is 30.6 Å².